The lowest BCUT2D eigenvalue weighted by Crippen LogP contribution is -2.13. The minimum Gasteiger partial charge on any atom is -0.478 e. The molecule has 0 aliphatic carbocycles. The third-order valence-corrected chi connectivity index (χ3v) is 2.58. The monoisotopic (exact) mass is 244 g/mol. The molecule has 0 saturated carbocycles. The SMILES string of the molecule is Cc1[nH]cc(NC(=O)c2ccccc2)c1C(=O)O. The molecule has 0 atom stereocenters. The first-order valence-corrected chi connectivity index (χ1v) is 5.37. The molecular formula is C13H12N2O3. The summed E-state index contributed by atoms with van der Waals surface area (Å²) in [7, 11) is 0. The molecule has 0 aliphatic rings. The van der Waals surface area contributed by atoms with Crippen LogP contribution >= 0.6 is 0 Å². The van der Waals surface area contributed by atoms with E-state index < -0.39 is 5.97 Å². The van der Waals surface area contributed by atoms with Crippen molar-refractivity contribution in [2.45, 2.75) is 6.92 Å². The molecule has 3 N–H and O–H groups in total. The van der Waals surface area contributed by atoms with Crippen LogP contribution < -0.4 is 5.32 Å². The van der Waals surface area contributed by atoms with Crippen molar-refractivity contribution in [3.05, 3.63) is 53.3 Å². The summed E-state index contributed by atoms with van der Waals surface area (Å²) >= 11 is 0. The van der Waals surface area contributed by atoms with Crippen molar-refractivity contribution in [3.8, 4) is 0 Å². The maximum absolute atomic E-state index is 11.9. The summed E-state index contributed by atoms with van der Waals surface area (Å²) in [6, 6.07) is 8.62. The highest BCUT2D eigenvalue weighted by Crippen LogP contribution is 2.19. The second-order valence-corrected chi connectivity index (χ2v) is 3.83. The summed E-state index contributed by atoms with van der Waals surface area (Å²) in [5.41, 5.74) is 1.34. The molecule has 0 unspecified atom stereocenters. The van der Waals surface area contributed by atoms with Crippen LogP contribution in [0.1, 0.15) is 26.4 Å². The lowest BCUT2D eigenvalue weighted by molar-refractivity contribution is 0.0697. The number of aryl methyl sites for hydroxylation is 1. The van der Waals surface area contributed by atoms with Gasteiger partial charge >= 0.3 is 5.97 Å². The lowest BCUT2D eigenvalue weighted by Gasteiger charge is -2.04. The molecule has 0 radical (unpaired) electrons. The molecule has 1 aromatic heterocycles. The zero-order valence-corrected chi connectivity index (χ0v) is 9.73. The molecule has 92 valence electrons. The third-order valence-electron chi connectivity index (χ3n) is 2.58. The molecule has 2 aromatic rings. The lowest BCUT2D eigenvalue weighted by atomic mass is 10.2. The Morgan fingerprint density at radius 1 is 1.22 bits per heavy atom. The van der Waals surface area contributed by atoms with Gasteiger partial charge in [0.05, 0.1) is 5.69 Å². The van der Waals surface area contributed by atoms with Crippen molar-refractivity contribution >= 4 is 17.6 Å². The Balaban J connectivity index is 2.25. The second-order valence-electron chi connectivity index (χ2n) is 3.83. The van der Waals surface area contributed by atoms with E-state index >= 15 is 0 Å². The Hall–Kier alpha value is -2.56. The van der Waals surface area contributed by atoms with Crippen molar-refractivity contribution in [1.82, 2.24) is 4.98 Å². The molecule has 5 heteroatoms. The van der Waals surface area contributed by atoms with Crippen molar-refractivity contribution in [2.24, 2.45) is 0 Å². The van der Waals surface area contributed by atoms with Crippen molar-refractivity contribution in [1.29, 1.82) is 0 Å². The molecule has 0 fully saturated rings. The van der Waals surface area contributed by atoms with E-state index in [9.17, 15) is 9.59 Å². The van der Waals surface area contributed by atoms with Crippen LogP contribution in [-0.4, -0.2) is 22.0 Å². The summed E-state index contributed by atoms with van der Waals surface area (Å²) in [5, 5.41) is 11.6. The number of carbonyl (C=O) groups excluding carboxylic acids is 1. The molecular weight excluding hydrogens is 232 g/mol. The number of hydrogen-bond donors (Lipinski definition) is 3. The summed E-state index contributed by atoms with van der Waals surface area (Å²) in [4.78, 5) is 25.7. The van der Waals surface area contributed by atoms with Crippen LogP contribution in [0.4, 0.5) is 5.69 Å². The fourth-order valence-corrected chi connectivity index (χ4v) is 1.68. The van der Waals surface area contributed by atoms with Gasteiger partial charge in [0.25, 0.3) is 5.91 Å². The van der Waals surface area contributed by atoms with E-state index in [-0.39, 0.29) is 17.2 Å². The van der Waals surface area contributed by atoms with Crippen LogP contribution in [0.2, 0.25) is 0 Å². The number of anilines is 1. The number of aromatic nitrogens is 1. The second kappa shape index (κ2) is 4.75. The van der Waals surface area contributed by atoms with Gasteiger partial charge in [-0.25, -0.2) is 4.79 Å². The van der Waals surface area contributed by atoms with Crippen LogP contribution in [0.15, 0.2) is 36.5 Å². The third kappa shape index (κ3) is 2.24. The molecule has 1 heterocycles. The van der Waals surface area contributed by atoms with Gasteiger partial charge in [0.1, 0.15) is 5.56 Å². The summed E-state index contributed by atoms with van der Waals surface area (Å²) < 4.78 is 0. The van der Waals surface area contributed by atoms with Gasteiger partial charge in [-0.15, -0.1) is 0 Å². The van der Waals surface area contributed by atoms with Gasteiger partial charge in [0.2, 0.25) is 0 Å². The van der Waals surface area contributed by atoms with Gasteiger partial charge in [-0.1, -0.05) is 18.2 Å². The van der Waals surface area contributed by atoms with Crippen molar-refractivity contribution < 1.29 is 14.7 Å². The number of rotatable bonds is 3. The highest BCUT2D eigenvalue weighted by Gasteiger charge is 2.17. The Morgan fingerprint density at radius 3 is 2.50 bits per heavy atom. The fourth-order valence-electron chi connectivity index (χ4n) is 1.68. The number of aromatic carboxylic acids is 1. The van der Waals surface area contributed by atoms with Gasteiger partial charge in [0, 0.05) is 17.5 Å². The first-order chi connectivity index (χ1) is 8.59. The van der Waals surface area contributed by atoms with E-state index in [2.05, 4.69) is 10.3 Å². The minimum atomic E-state index is -1.07. The molecule has 0 bridgehead atoms. The number of carboxylic acids is 1. The van der Waals surface area contributed by atoms with Crippen LogP contribution in [0.5, 0.6) is 0 Å². The number of hydrogen-bond acceptors (Lipinski definition) is 2. The number of nitrogens with one attached hydrogen (secondary N) is 2. The number of H-pyrrole nitrogens is 1. The number of carboxylic acid groups (broad SMARTS) is 1. The normalized spacial score (nSPS) is 10.1. The maximum atomic E-state index is 11.9. The summed E-state index contributed by atoms with van der Waals surface area (Å²) in [5.74, 6) is -1.41. The number of amides is 1. The zero-order chi connectivity index (χ0) is 13.1. The number of benzene rings is 1. The quantitative estimate of drug-likeness (QED) is 0.774. The summed E-state index contributed by atoms with van der Waals surface area (Å²) in [6.07, 6.45) is 1.47. The van der Waals surface area contributed by atoms with Gasteiger partial charge in [-0.3, -0.25) is 4.79 Å². The molecule has 0 saturated heterocycles. The first-order valence-electron chi connectivity index (χ1n) is 5.37. The largest absolute Gasteiger partial charge is 0.478 e. The van der Waals surface area contributed by atoms with E-state index in [4.69, 9.17) is 5.11 Å². The van der Waals surface area contributed by atoms with E-state index in [1.807, 2.05) is 0 Å². The van der Waals surface area contributed by atoms with Gasteiger partial charge < -0.3 is 15.4 Å². The van der Waals surface area contributed by atoms with Crippen LogP contribution in [0.3, 0.4) is 0 Å². The maximum Gasteiger partial charge on any atom is 0.339 e. The molecule has 1 amide bonds. The Bertz CT molecular complexity index is 588. The van der Waals surface area contributed by atoms with Crippen LogP contribution in [-0.2, 0) is 0 Å². The van der Waals surface area contributed by atoms with E-state index in [0.29, 0.717) is 11.3 Å². The minimum absolute atomic E-state index is 0.0827. The standard InChI is InChI=1S/C13H12N2O3/c1-8-11(13(17)18)10(7-14-8)15-12(16)9-5-3-2-4-6-9/h2-7,14H,1H3,(H,15,16)(H,17,18). The molecule has 2 rings (SSSR count). The van der Waals surface area contributed by atoms with E-state index in [1.165, 1.54) is 6.20 Å². The molecule has 0 aliphatic heterocycles. The molecule has 18 heavy (non-hydrogen) atoms. The van der Waals surface area contributed by atoms with Gasteiger partial charge in [-0.05, 0) is 19.1 Å². The van der Waals surface area contributed by atoms with Gasteiger partial charge in [-0.2, -0.15) is 0 Å². The number of carbonyl (C=O) groups is 2. The Kier molecular flexibility index (Phi) is 3.14. The average molecular weight is 244 g/mol. The van der Waals surface area contributed by atoms with Gasteiger partial charge in [0.15, 0.2) is 0 Å². The number of aromatic amines is 1. The Morgan fingerprint density at radius 2 is 1.89 bits per heavy atom. The topological polar surface area (TPSA) is 82.2 Å². The molecule has 5 nitrogen and oxygen atoms in total. The van der Waals surface area contributed by atoms with E-state index in [0.717, 1.165) is 0 Å². The van der Waals surface area contributed by atoms with Crippen LogP contribution in [0, 0.1) is 6.92 Å². The van der Waals surface area contributed by atoms with Crippen molar-refractivity contribution in [2.75, 3.05) is 5.32 Å². The Labute approximate surface area is 103 Å². The predicted molar refractivity (Wildman–Crippen MR) is 66.9 cm³/mol. The van der Waals surface area contributed by atoms with E-state index in [1.54, 1.807) is 37.3 Å². The molecule has 1 aromatic carbocycles. The fraction of sp³-hybridized carbons (Fsp3) is 0.0769. The van der Waals surface area contributed by atoms with Crippen LogP contribution in [0.25, 0.3) is 0 Å². The predicted octanol–water partition coefficient (Wildman–Crippen LogP) is 2.27. The molecule has 0 spiro atoms. The first kappa shape index (κ1) is 11.9. The highest BCUT2D eigenvalue weighted by atomic mass is 16.4. The summed E-state index contributed by atoms with van der Waals surface area (Å²) in [6.45, 7) is 1.64. The average Bonchev–Trinajstić information content (AvgIpc) is 2.71. The smallest absolute Gasteiger partial charge is 0.339 e. The zero-order valence-electron chi connectivity index (χ0n) is 9.73. The highest BCUT2D eigenvalue weighted by molar-refractivity contribution is 6.08. The van der Waals surface area contributed by atoms with Crippen molar-refractivity contribution in [3.63, 3.8) is 0 Å².